The van der Waals surface area contributed by atoms with Crippen LogP contribution in [0.5, 0.6) is 0 Å². The Balaban J connectivity index is 2.21. The lowest BCUT2D eigenvalue weighted by Gasteiger charge is -2.37. The van der Waals surface area contributed by atoms with Crippen molar-refractivity contribution in [3.05, 3.63) is 77.0 Å². The highest BCUT2D eigenvalue weighted by Gasteiger charge is 2.53. The monoisotopic (exact) mass is 283 g/mol. The molecule has 21 heavy (non-hydrogen) atoms. The summed E-state index contributed by atoms with van der Waals surface area (Å²) in [5, 5.41) is 22.6. The van der Waals surface area contributed by atoms with Gasteiger partial charge >= 0.3 is 0 Å². The molecule has 0 bridgehead atoms. The van der Waals surface area contributed by atoms with Gasteiger partial charge in [0.1, 0.15) is 0 Å². The quantitative estimate of drug-likeness (QED) is 0.695. The van der Waals surface area contributed by atoms with E-state index in [0.717, 1.165) is 11.1 Å². The SMILES string of the molecule is C[N+]1([O-])CC(CO)C(c2ccccc2)(c2ccccc2)C1. The zero-order chi connectivity index (χ0) is 14.9. The highest BCUT2D eigenvalue weighted by Crippen LogP contribution is 2.46. The summed E-state index contributed by atoms with van der Waals surface area (Å²) in [4.78, 5) is 0. The standard InChI is InChI=1S/C18H21NO2/c1-19(21)12-17(13-20)18(14-19,15-8-4-2-5-9-15)16-10-6-3-7-11-16/h2-11,17,20H,12-14H2,1H3. The zero-order valence-corrected chi connectivity index (χ0v) is 12.3. The molecule has 1 heterocycles. The predicted molar refractivity (Wildman–Crippen MR) is 83.5 cm³/mol. The predicted octanol–water partition coefficient (Wildman–Crippen LogP) is 2.54. The molecule has 0 spiro atoms. The van der Waals surface area contributed by atoms with E-state index in [1.807, 2.05) is 36.4 Å². The lowest BCUT2D eigenvalue weighted by Crippen LogP contribution is -2.41. The summed E-state index contributed by atoms with van der Waals surface area (Å²) in [6.45, 7) is 0.937. The molecule has 1 aliphatic rings. The molecule has 0 aromatic heterocycles. The Bertz CT molecular complexity index is 556. The molecule has 0 radical (unpaired) electrons. The lowest BCUT2D eigenvalue weighted by molar-refractivity contribution is -0.850. The molecule has 110 valence electrons. The van der Waals surface area contributed by atoms with Crippen LogP contribution in [0.1, 0.15) is 11.1 Å². The lowest BCUT2D eigenvalue weighted by atomic mass is 9.68. The van der Waals surface area contributed by atoms with Crippen molar-refractivity contribution in [3.63, 3.8) is 0 Å². The van der Waals surface area contributed by atoms with Gasteiger partial charge in [-0.05, 0) is 11.1 Å². The van der Waals surface area contributed by atoms with Gasteiger partial charge in [-0.25, -0.2) is 0 Å². The Morgan fingerprint density at radius 2 is 1.52 bits per heavy atom. The van der Waals surface area contributed by atoms with Crippen LogP contribution in [0.25, 0.3) is 0 Å². The van der Waals surface area contributed by atoms with Crippen molar-refractivity contribution in [1.82, 2.24) is 0 Å². The fourth-order valence-corrected chi connectivity index (χ4v) is 3.85. The third kappa shape index (κ3) is 2.38. The van der Waals surface area contributed by atoms with E-state index in [9.17, 15) is 10.3 Å². The molecule has 1 aliphatic heterocycles. The Kier molecular flexibility index (Phi) is 3.57. The Hall–Kier alpha value is -1.68. The fraction of sp³-hybridized carbons (Fsp3) is 0.333. The second-order valence-corrected chi connectivity index (χ2v) is 6.22. The van der Waals surface area contributed by atoms with Crippen molar-refractivity contribution in [2.75, 3.05) is 26.7 Å². The van der Waals surface area contributed by atoms with Gasteiger partial charge < -0.3 is 15.0 Å². The molecule has 1 saturated heterocycles. The van der Waals surface area contributed by atoms with E-state index in [-0.39, 0.29) is 17.2 Å². The van der Waals surface area contributed by atoms with Gasteiger partial charge in [0.25, 0.3) is 0 Å². The van der Waals surface area contributed by atoms with Crippen molar-refractivity contribution in [2.45, 2.75) is 5.41 Å². The fourth-order valence-electron chi connectivity index (χ4n) is 3.85. The first-order valence-electron chi connectivity index (χ1n) is 7.36. The van der Waals surface area contributed by atoms with Crippen molar-refractivity contribution in [3.8, 4) is 0 Å². The highest BCUT2D eigenvalue weighted by molar-refractivity contribution is 5.41. The van der Waals surface area contributed by atoms with Crippen LogP contribution < -0.4 is 0 Å². The zero-order valence-electron chi connectivity index (χ0n) is 12.3. The van der Waals surface area contributed by atoms with E-state index in [4.69, 9.17) is 0 Å². The largest absolute Gasteiger partial charge is 0.633 e. The minimum Gasteiger partial charge on any atom is -0.633 e. The molecule has 3 heteroatoms. The number of nitrogens with zero attached hydrogens (tertiary/aromatic N) is 1. The minimum absolute atomic E-state index is 0.0276. The van der Waals surface area contributed by atoms with Crippen LogP contribution in [0.2, 0.25) is 0 Å². The molecular weight excluding hydrogens is 262 g/mol. The van der Waals surface area contributed by atoms with E-state index in [2.05, 4.69) is 24.3 Å². The van der Waals surface area contributed by atoms with E-state index in [1.54, 1.807) is 7.05 Å². The summed E-state index contributed by atoms with van der Waals surface area (Å²) in [6, 6.07) is 20.3. The van der Waals surface area contributed by atoms with E-state index in [1.165, 1.54) is 0 Å². The first-order valence-corrected chi connectivity index (χ1v) is 7.36. The van der Waals surface area contributed by atoms with Crippen LogP contribution in [0, 0.1) is 11.1 Å². The Morgan fingerprint density at radius 3 is 1.95 bits per heavy atom. The van der Waals surface area contributed by atoms with E-state index >= 15 is 0 Å². The normalized spacial score (nSPS) is 27.7. The number of hydrogen-bond donors (Lipinski definition) is 1. The molecule has 1 N–H and O–H groups in total. The van der Waals surface area contributed by atoms with Crippen LogP contribution in [0.3, 0.4) is 0 Å². The molecular formula is C18H21NO2. The summed E-state index contributed by atoms with van der Waals surface area (Å²) in [6.07, 6.45) is 0. The number of hydrogen-bond acceptors (Lipinski definition) is 2. The molecule has 3 nitrogen and oxygen atoms in total. The van der Waals surface area contributed by atoms with Crippen molar-refractivity contribution in [1.29, 1.82) is 0 Å². The number of likely N-dealkylation sites (tertiary alicyclic amines) is 1. The van der Waals surface area contributed by atoms with Gasteiger partial charge in [-0.15, -0.1) is 0 Å². The maximum atomic E-state index is 12.7. The number of aliphatic hydroxyl groups is 1. The van der Waals surface area contributed by atoms with Crippen molar-refractivity contribution < 1.29 is 9.75 Å². The van der Waals surface area contributed by atoms with Gasteiger partial charge in [0.2, 0.25) is 0 Å². The summed E-state index contributed by atoms with van der Waals surface area (Å²) in [7, 11) is 1.70. The molecule has 2 unspecified atom stereocenters. The number of quaternary nitrogens is 1. The molecule has 0 saturated carbocycles. The van der Waals surface area contributed by atoms with Crippen LogP contribution >= 0.6 is 0 Å². The molecule has 2 aromatic carbocycles. The first-order chi connectivity index (χ1) is 10.1. The maximum Gasteiger partial charge on any atom is 0.0927 e. The molecule has 1 fully saturated rings. The molecule has 2 aromatic rings. The highest BCUT2D eigenvalue weighted by atomic mass is 16.5. The van der Waals surface area contributed by atoms with Crippen LogP contribution in [-0.2, 0) is 5.41 Å². The maximum absolute atomic E-state index is 12.7. The van der Waals surface area contributed by atoms with Crippen molar-refractivity contribution >= 4 is 0 Å². The first kappa shape index (κ1) is 14.3. The average Bonchev–Trinajstić information content (AvgIpc) is 2.81. The second-order valence-electron chi connectivity index (χ2n) is 6.22. The van der Waals surface area contributed by atoms with E-state index in [0.29, 0.717) is 13.1 Å². The number of benzene rings is 2. The Morgan fingerprint density at radius 1 is 1.05 bits per heavy atom. The smallest absolute Gasteiger partial charge is 0.0927 e. The van der Waals surface area contributed by atoms with Gasteiger partial charge in [-0.1, -0.05) is 60.7 Å². The minimum atomic E-state index is -0.409. The molecule has 0 aliphatic carbocycles. The average molecular weight is 283 g/mol. The number of hydroxylamine groups is 3. The second kappa shape index (κ2) is 5.26. The summed E-state index contributed by atoms with van der Waals surface area (Å²) in [5.41, 5.74) is 1.83. The summed E-state index contributed by atoms with van der Waals surface area (Å²) in [5.74, 6) is -0.0650. The van der Waals surface area contributed by atoms with Crippen LogP contribution in [-0.4, -0.2) is 36.5 Å². The third-order valence-electron chi connectivity index (χ3n) is 4.69. The molecule has 3 rings (SSSR count). The van der Waals surface area contributed by atoms with Crippen LogP contribution in [0.15, 0.2) is 60.7 Å². The molecule has 0 amide bonds. The van der Waals surface area contributed by atoms with Gasteiger partial charge in [0, 0.05) is 0 Å². The number of aliphatic hydroxyl groups excluding tert-OH is 1. The van der Waals surface area contributed by atoms with E-state index < -0.39 is 5.41 Å². The molecule has 2 atom stereocenters. The van der Waals surface area contributed by atoms with Crippen LogP contribution in [0.4, 0.5) is 0 Å². The topological polar surface area (TPSA) is 43.3 Å². The number of likely N-dealkylation sites (N-methyl/N-ethyl adjacent to an activating group) is 1. The Labute approximate surface area is 125 Å². The summed E-state index contributed by atoms with van der Waals surface area (Å²) >= 11 is 0. The van der Waals surface area contributed by atoms with Crippen molar-refractivity contribution in [2.24, 2.45) is 5.92 Å². The number of rotatable bonds is 3. The van der Waals surface area contributed by atoms with Gasteiger partial charge in [0.15, 0.2) is 0 Å². The van der Waals surface area contributed by atoms with Gasteiger partial charge in [-0.2, -0.15) is 0 Å². The third-order valence-corrected chi connectivity index (χ3v) is 4.69. The van der Waals surface area contributed by atoms with Gasteiger partial charge in [0.05, 0.1) is 38.1 Å². The van der Waals surface area contributed by atoms with Gasteiger partial charge in [-0.3, -0.25) is 0 Å². The summed E-state index contributed by atoms with van der Waals surface area (Å²) < 4.78 is -0.311.